The molecule has 0 atom stereocenters. The molecule has 1 fully saturated rings. The number of hydrogen-bond donors (Lipinski definition) is 1. The number of nitrogens with zero attached hydrogens (tertiary/aromatic N) is 2. The van der Waals surface area contributed by atoms with E-state index in [1.54, 1.807) is 18.2 Å². The maximum absolute atomic E-state index is 13.5. The molecule has 0 aromatic heterocycles. The zero-order valence-corrected chi connectivity index (χ0v) is 16.5. The maximum Gasteiger partial charge on any atom is 0.275 e. The standard InChI is InChI=1S/C21H21ClFN3O3/c22-17-13-15(24-20-16-12-14(23)2-4-18(16)25-21(20)27)3-5-19(17)29-9-1-6-26-7-10-28-11-8-26/h2-5,12-13H,1,6-11H2,(H,24,25,27). The highest BCUT2D eigenvalue weighted by Crippen LogP contribution is 2.31. The summed E-state index contributed by atoms with van der Waals surface area (Å²) in [6, 6.07) is 9.20. The van der Waals surface area contributed by atoms with Crippen molar-refractivity contribution < 1.29 is 18.7 Å². The number of anilines is 1. The van der Waals surface area contributed by atoms with Gasteiger partial charge in [0.05, 0.1) is 36.2 Å². The van der Waals surface area contributed by atoms with Gasteiger partial charge in [-0.05, 0) is 42.8 Å². The molecule has 1 amide bonds. The fraction of sp³-hybridized carbons (Fsp3) is 0.333. The van der Waals surface area contributed by atoms with Crippen LogP contribution in [-0.4, -0.2) is 56.0 Å². The third-order valence-corrected chi connectivity index (χ3v) is 5.13. The Morgan fingerprint density at radius 2 is 2.03 bits per heavy atom. The number of hydrogen-bond acceptors (Lipinski definition) is 5. The van der Waals surface area contributed by atoms with Crippen LogP contribution < -0.4 is 10.1 Å². The van der Waals surface area contributed by atoms with Crippen LogP contribution in [0.15, 0.2) is 41.4 Å². The van der Waals surface area contributed by atoms with Gasteiger partial charge in [0, 0.05) is 25.2 Å². The number of fused-ring (bicyclic) bond motifs is 1. The number of carbonyl (C=O) groups excluding carboxylic acids is 1. The third-order valence-electron chi connectivity index (χ3n) is 4.84. The summed E-state index contributed by atoms with van der Waals surface area (Å²) in [5.41, 5.74) is 1.64. The highest BCUT2D eigenvalue weighted by Gasteiger charge is 2.26. The van der Waals surface area contributed by atoms with E-state index in [1.165, 1.54) is 18.2 Å². The Morgan fingerprint density at radius 1 is 1.21 bits per heavy atom. The first kappa shape index (κ1) is 19.8. The Balaban J connectivity index is 1.39. The monoisotopic (exact) mass is 417 g/mol. The molecule has 6 nitrogen and oxygen atoms in total. The number of halogens is 2. The first-order valence-corrected chi connectivity index (χ1v) is 9.90. The van der Waals surface area contributed by atoms with Crippen LogP contribution in [0.4, 0.5) is 15.8 Å². The molecule has 29 heavy (non-hydrogen) atoms. The number of nitrogens with one attached hydrogen (secondary N) is 1. The summed E-state index contributed by atoms with van der Waals surface area (Å²) in [6.45, 7) is 4.99. The molecule has 2 aliphatic heterocycles. The minimum atomic E-state index is -0.424. The molecule has 0 saturated carbocycles. The Morgan fingerprint density at radius 3 is 2.83 bits per heavy atom. The van der Waals surface area contributed by atoms with Gasteiger partial charge in [-0.15, -0.1) is 0 Å². The van der Waals surface area contributed by atoms with Crippen molar-refractivity contribution >= 4 is 34.6 Å². The van der Waals surface area contributed by atoms with Crippen molar-refractivity contribution in [1.82, 2.24) is 4.90 Å². The van der Waals surface area contributed by atoms with Crippen molar-refractivity contribution in [3.05, 3.63) is 52.8 Å². The molecular formula is C21H21ClFN3O3. The maximum atomic E-state index is 13.5. The molecule has 0 aliphatic carbocycles. The number of morpholine rings is 1. The normalized spacial score (nSPS) is 18.0. The summed E-state index contributed by atoms with van der Waals surface area (Å²) in [7, 11) is 0. The van der Waals surface area contributed by atoms with E-state index >= 15 is 0 Å². The summed E-state index contributed by atoms with van der Waals surface area (Å²) in [5.74, 6) is -0.225. The number of ether oxygens (including phenoxy) is 2. The predicted octanol–water partition coefficient (Wildman–Crippen LogP) is 3.65. The number of aliphatic imine (C=N–C) groups is 1. The molecule has 2 aromatic carbocycles. The van der Waals surface area contributed by atoms with Gasteiger partial charge < -0.3 is 14.8 Å². The fourth-order valence-corrected chi connectivity index (χ4v) is 3.57. The van der Waals surface area contributed by atoms with Gasteiger partial charge in [0.2, 0.25) is 0 Å². The molecule has 0 unspecified atom stereocenters. The molecule has 152 valence electrons. The van der Waals surface area contributed by atoms with Crippen molar-refractivity contribution in [3.63, 3.8) is 0 Å². The lowest BCUT2D eigenvalue weighted by Gasteiger charge is -2.26. The Labute approximate surface area is 173 Å². The summed E-state index contributed by atoms with van der Waals surface area (Å²) in [5, 5.41) is 3.09. The second-order valence-corrected chi connectivity index (χ2v) is 7.28. The highest BCUT2D eigenvalue weighted by atomic mass is 35.5. The van der Waals surface area contributed by atoms with Crippen molar-refractivity contribution in [3.8, 4) is 5.75 Å². The van der Waals surface area contributed by atoms with Crippen molar-refractivity contribution in [2.24, 2.45) is 4.99 Å². The van der Waals surface area contributed by atoms with E-state index in [0.717, 1.165) is 39.3 Å². The summed E-state index contributed by atoms with van der Waals surface area (Å²) in [4.78, 5) is 18.9. The summed E-state index contributed by atoms with van der Waals surface area (Å²) in [6.07, 6.45) is 0.892. The summed E-state index contributed by atoms with van der Waals surface area (Å²) < 4.78 is 24.7. The quantitative estimate of drug-likeness (QED) is 0.729. The van der Waals surface area contributed by atoms with E-state index in [2.05, 4.69) is 15.2 Å². The van der Waals surface area contributed by atoms with E-state index in [4.69, 9.17) is 21.1 Å². The van der Waals surface area contributed by atoms with Crippen LogP contribution >= 0.6 is 11.6 Å². The lowest BCUT2D eigenvalue weighted by atomic mass is 10.1. The van der Waals surface area contributed by atoms with Crippen molar-refractivity contribution in [1.29, 1.82) is 0 Å². The van der Waals surface area contributed by atoms with Gasteiger partial charge >= 0.3 is 0 Å². The minimum Gasteiger partial charge on any atom is -0.492 e. The average Bonchev–Trinajstić information content (AvgIpc) is 3.02. The van der Waals surface area contributed by atoms with E-state index in [-0.39, 0.29) is 11.6 Å². The third kappa shape index (κ3) is 4.75. The number of benzene rings is 2. The van der Waals surface area contributed by atoms with Gasteiger partial charge in [-0.25, -0.2) is 9.38 Å². The largest absolute Gasteiger partial charge is 0.492 e. The van der Waals surface area contributed by atoms with Crippen LogP contribution in [-0.2, 0) is 9.53 Å². The second-order valence-electron chi connectivity index (χ2n) is 6.88. The minimum absolute atomic E-state index is 0.162. The summed E-state index contributed by atoms with van der Waals surface area (Å²) >= 11 is 6.32. The molecule has 8 heteroatoms. The van der Waals surface area contributed by atoms with Crippen LogP contribution in [0.2, 0.25) is 5.02 Å². The predicted molar refractivity (Wildman–Crippen MR) is 110 cm³/mol. The lowest BCUT2D eigenvalue weighted by Crippen LogP contribution is -2.37. The number of carbonyl (C=O) groups is 1. The zero-order valence-electron chi connectivity index (χ0n) is 15.8. The van der Waals surface area contributed by atoms with Crippen molar-refractivity contribution in [2.75, 3.05) is 44.8 Å². The van der Waals surface area contributed by atoms with Crippen LogP contribution in [0.5, 0.6) is 5.75 Å². The Kier molecular flexibility index (Phi) is 6.08. The Hall–Kier alpha value is -2.48. The van der Waals surface area contributed by atoms with Gasteiger partial charge in [-0.3, -0.25) is 9.69 Å². The van der Waals surface area contributed by atoms with Crippen molar-refractivity contribution in [2.45, 2.75) is 6.42 Å². The van der Waals surface area contributed by atoms with E-state index in [9.17, 15) is 9.18 Å². The lowest BCUT2D eigenvalue weighted by molar-refractivity contribution is -0.110. The zero-order chi connectivity index (χ0) is 20.2. The molecule has 4 rings (SSSR count). The van der Waals surface area contributed by atoms with Crippen LogP contribution in [0.1, 0.15) is 12.0 Å². The van der Waals surface area contributed by atoms with Gasteiger partial charge in [-0.2, -0.15) is 0 Å². The molecule has 2 aliphatic rings. The van der Waals surface area contributed by atoms with Gasteiger partial charge in [0.25, 0.3) is 5.91 Å². The van der Waals surface area contributed by atoms with Crippen LogP contribution in [0.25, 0.3) is 0 Å². The molecule has 0 radical (unpaired) electrons. The van der Waals surface area contributed by atoms with E-state index in [0.29, 0.717) is 34.3 Å². The SMILES string of the molecule is O=C1Nc2ccc(F)cc2C1=Nc1ccc(OCCCN2CCOCC2)c(Cl)c1. The molecule has 0 bridgehead atoms. The number of rotatable bonds is 6. The molecular weight excluding hydrogens is 397 g/mol. The van der Waals surface area contributed by atoms with Gasteiger partial charge in [-0.1, -0.05) is 11.6 Å². The smallest absolute Gasteiger partial charge is 0.275 e. The van der Waals surface area contributed by atoms with E-state index in [1.807, 2.05) is 0 Å². The molecule has 2 aromatic rings. The first-order valence-electron chi connectivity index (χ1n) is 9.52. The molecule has 0 spiro atoms. The van der Waals surface area contributed by atoms with Crippen LogP contribution in [0, 0.1) is 5.82 Å². The number of amides is 1. The average molecular weight is 418 g/mol. The first-order chi connectivity index (χ1) is 14.1. The molecule has 1 N–H and O–H groups in total. The fourth-order valence-electron chi connectivity index (χ4n) is 3.34. The molecule has 1 saturated heterocycles. The second kappa shape index (κ2) is 8.90. The van der Waals surface area contributed by atoms with Gasteiger partial charge in [0.1, 0.15) is 17.3 Å². The van der Waals surface area contributed by atoms with Crippen LogP contribution in [0.3, 0.4) is 0 Å². The Bertz CT molecular complexity index is 945. The van der Waals surface area contributed by atoms with Gasteiger partial charge in [0.15, 0.2) is 0 Å². The topological polar surface area (TPSA) is 63.2 Å². The highest BCUT2D eigenvalue weighted by molar-refractivity contribution is 6.54. The molecule has 2 heterocycles. The van der Waals surface area contributed by atoms with E-state index < -0.39 is 5.82 Å².